The van der Waals surface area contributed by atoms with Crippen LogP contribution in [0.5, 0.6) is 0 Å². The number of hydrogen-bond acceptors (Lipinski definition) is 6. The maximum absolute atomic E-state index is 12.1. The Morgan fingerprint density at radius 1 is 1.00 bits per heavy atom. The lowest BCUT2D eigenvalue weighted by atomic mass is 9.97. The van der Waals surface area contributed by atoms with Crippen molar-refractivity contribution in [1.82, 2.24) is 19.5 Å². The highest BCUT2D eigenvalue weighted by molar-refractivity contribution is 5.54. The average Bonchev–Trinajstić information content (AvgIpc) is 2.94. The monoisotopic (exact) mass is 414 g/mol. The van der Waals surface area contributed by atoms with Crippen molar-refractivity contribution in [3.63, 3.8) is 0 Å². The van der Waals surface area contributed by atoms with Crippen molar-refractivity contribution >= 4 is 0 Å². The molecule has 2 atom stereocenters. The molecule has 7 heteroatoms. The minimum Gasteiger partial charge on any atom is -0.390 e. The third kappa shape index (κ3) is 5.59. The summed E-state index contributed by atoms with van der Waals surface area (Å²) in [7, 11) is 0. The molecule has 0 aliphatic carbocycles. The maximum Gasteiger partial charge on any atom is 0.441 e. The second-order valence-electron chi connectivity index (χ2n) is 8.89. The van der Waals surface area contributed by atoms with Gasteiger partial charge in [0, 0.05) is 25.2 Å². The van der Waals surface area contributed by atoms with Crippen LogP contribution in [0.1, 0.15) is 38.5 Å². The molecule has 30 heavy (non-hydrogen) atoms. The first-order chi connectivity index (χ1) is 14.7. The van der Waals surface area contributed by atoms with Gasteiger partial charge in [-0.25, -0.2) is 4.79 Å². The highest BCUT2D eigenvalue weighted by Gasteiger charge is 2.25. The molecule has 2 aliphatic rings. The number of β-amino-alcohol motifs (C(OH)–C–C–N with tert-alkyl or cyclic N) is 1. The van der Waals surface area contributed by atoms with Crippen molar-refractivity contribution in [2.75, 3.05) is 39.3 Å². The molecule has 1 N–H and O–H groups in total. The summed E-state index contributed by atoms with van der Waals surface area (Å²) in [6.07, 6.45) is 7.19. The van der Waals surface area contributed by atoms with Crippen LogP contribution in [0.2, 0.25) is 0 Å². The van der Waals surface area contributed by atoms with Crippen LogP contribution < -0.4 is 5.76 Å². The van der Waals surface area contributed by atoms with E-state index in [-0.39, 0.29) is 6.54 Å². The topological polar surface area (TPSA) is 74.7 Å². The predicted octanol–water partition coefficient (Wildman–Crippen LogP) is 2.45. The van der Waals surface area contributed by atoms with Gasteiger partial charge < -0.3 is 14.9 Å². The van der Waals surface area contributed by atoms with E-state index in [1.807, 2.05) is 30.3 Å². The predicted molar refractivity (Wildman–Crippen MR) is 116 cm³/mol. The number of aliphatic hydroxyl groups is 1. The van der Waals surface area contributed by atoms with Gasteiger partial charge in [-0.1, -0.05) is 48.3 Å². The Hall–Kier alpha value is -1.96. The summed E-state index contributed by atoms with van der Waals surface area (Å²) in [6.45, 7) is 6.45. The SMILES string of the molecule is O=c1onc(-c2ccccc2)n1CC(O)CN1CCCC(CN2CCCCCC2)C1. The summed E-state index contributed by atoms with van der Waals surface area (Å²) in [6, 6.07) is 9.48. The van der Waals surface area contributed by atoms with Gasteiger partial charge >= 0.3 is 5.76 Å². The van der Waals surface area contributed by atoms with Crippen LogP contribution in [-0.2, 0) is 6.54 Å². The molecule has 0 bridgehead atoms. The van der Waals surface area contributed by atoms with Gasteiger partial charge in [-0.05, 0) is 51.2 Å². The molecule has 7 nitrogen and oxygen atoms in total. The lowest BCUT2D eigenvalue weighted by Gasteiger charge is -2.36. The van der Waals surface area contributed by atoms with E-state index in [4.69, 9.17) is 4.52 Å². The first-order valence-electron chi connectivity index (χ1n) is 11.4. The van der Waals surface area contributed by atoms with Gasteiger partial charge in [-0.2, -0.15) is 0 Å². The molecule has 0 amide bonds. The molecule has 0 radical (unpaired) electrons. The molecule has 164 valence electrons. The van der Waals surface area contributed by atoms with Crippen molar-refractivity contribution in [2.24, 2.45) is 5.92 Å². The van der Waals surface area contributed by atoms with E-state index in [0.29, 0.717) is 18.3 Å². The van der Waals surface area contributed by atoms with Crippen LogP contribution in [0.4, 0.5) is 0 Å². The Morgan fingerprint density at radius 2 is 1.73 bits per heavy atom. The van der Waals surface area contributed by atoms with Gasteiger partial charge in [0.05, 0.1) is 12.6 Å². The molecule has 2 saturated heterocycles. The molecule has 2 fully saturated rings. The van der Waals surface area contributed by atoms with Crippen molar-refractivity contribution in [2.45, 2.75) is 51.2 Å². The largest absolute Gasteiger partial charge is 0.441 e. The summed E-state index contributed by atoms with van der Waals surface area (Å²) in [5, 5.41) is 14.6. The molecule has 1 aromatic heterocycles. The van der Waals surface area contributed by atoms with E-state index in [1.165, 1.54) is 62.7 Å². The molecule has 2 aromatic rings. The Bertz CT molecular complexity index is 826. The number of hydrogen-bond donors (Lipinski definition) is 1. The van der Waals surface area contributed by atoms with E-state index < -0.39 is 11.9 Å². The Labute approximate surface area is 178 Å². The van der Waals surface area contributed by atoms with Crippen LogP contribution in [0, 0.1) is 5.92 Å². The van der Waals surface area contributed by atoms with E-state index in [1.54, 1.807) is 0 Å². The van der Waals surface area contributed by atoms with Crippen LogP contribution in [0.25, 0.3) is 11.4 Å². The van der Waals surface area contributed by atoms with Crippen LogP contribution in [-0.4, -0.2) is 70.0 Å². The van der Waals surface area contributed by atoms with Crippen molar-refractivity contribution in [3.05, 3.63) is 40.9 Å². The van der Waals surface area contributed by atoms with Crippen molar-refractivity contribution < 1.29 is 9.63 Å². The summed E-state index contributed by atoms with van der Waals surface area (Å²) in [4.78, 5) is 17.1. The lowest BCUT2D eigenvalue weighted by Crippen LogP contribution is -2.45. The number of aromatic nitrogens is 2. The molecule has 0 spiro atoms. The number of rotatable bonds is 7. The maximum atomic E-state index is 12.1. The van der Waals surface area contributed by atoms with E-state index in [9.17, 15) is 9.90 Å². The number of aliphatic hydroxyl groups excluding tert-OH is 1. The fourth-order valence-corrected chi connectivity index (χ4v) is 4.94. The van der Waals surface area contributed by atoms with E-state index in [2.05, 4.69) is 15.0 Å². The Kier molecular flexibility index (Phi) is 7.36. The zero-order chi connectivity index (χ0) is 20.8. The molecule has 1 aromatic carbocycles. The normalized spacial score (nSPS) is 22.6. The zero-order valence-electron chi connectivity index (χ0n) is 17.8. The standard InChI is InChI=1S/C23H34N4O3/c28-21(18-27-22(24-30-23(27)29)20-10-4-3-5-11-20)17-26-14-8-9-19(16-26)15-25-12-6-1-2-7-13-25/h3-5,10-11,19,21,28H,1-2,6-9,12-18H2. The highest BCUT2D eigenvalue weighted by atomic mass is 16.5. The fraction of sp³-hybridized carbons (Fsp3) is 0.652. The fourth-order valence-electron chi connectivity index (χ4n) is 4.94. The van der Waals surface area contributed by atoms with E-state index >= 15 is 0 Å². The second kappa shape index (κ2) is 10.4. The van der Waals surface area contributed by atoms with Crippen LogP contribution >= 0.6 is 0 Å². The molecular formula is C23H34N4O3. The third-order valence-corrected chi connectivity index (χ3v) is 6.40. The van der Waals surface area contributed by atoms with Gasteiger partial charge in [0.1, 0.15) is 0 Å². The number of benzene rings is 1. The summed E-state index contributed by atoms with van der Waals surface area (Å²) >= 11 is 0. The molecule has 4 rings (SSSR count). The van der Waals surface area contributed by atoms with Gasteiger partial charge in [-0.3, -0.25) is 9.09 Å². The molecule has 0 saturated carbocycles. The van der Waals surface area contributed by atoms with Crippen molar-refractivity contribution in [3.8, 4) is 11.4 Å². The summed E-state index contributed by atoms with van der Waals surface area (Å²) in [5.41, 5.74) is 0.811. The van der Waals surface area contributed by atoms with Crippen LogP contribution in [0.15, 0.2) is 39.6 Å². The van der Waals surface area contributed by atoms with Gasteiger partial charge in [-0.15, -0.1) is 0 Å². The smallest absolute Gasteiger partial charge is 0.390 e. The Morgan fingerprint density at radius 3 is 2.50 bits per heavy atom. The lowest BCUT2D eigenvalue weighted by molar-refractivity contribution is 0.0646. The summed E-state index contributed by atoms with van der Waals surface area (Å²) < 4.78 is 6.32. The number of likely N-dealkylation sites (tertiary alicyclic amines) is 2. The summed E-state index contributed by atoms with van der Waals surface area (Å²) in [5.74, 6) is 0.616. The Balaban J connectivity index is 1.32. The minimum absolute atomic E-state index is 0.194. The average molecular weight is 415 g/mol. The number of piperidine rings is 1. The van der Waals surface area contributed by atoms with Gasteiger partial charge in [0.15, 0.2) is 5.82 Å². The van der Waals surface area contributed by atoms with Crippen LogP contribution in [0.3, 0.4) is 0 Å². The van der Waals surface area contributed by atoms with Gasteiger partial charge in [0.2, 0.25) is 0 Å². The van der Waals surface area contributed by atoms with Gasteiger partial charge in [0.25, 0.3) is 0 Å². The van der Waals surface area contributed by atoms with Crippen molar-refractivity contribution in [1.29, 1.82) is 0 Å². The quantitative estimate of drug-likeness (QED) is 0.750. The second-order valence-corrected chi connectivity index (χ2v) is 8.89. The minimum atomic E-state index is -0.638. The zero-order valence-corrected chi connectivity index (χ0v) is 17.8. The first-order valence-corrected chi connectivity index (χ1v) is 11.4. The third-order valence-electron chi connectivity index (χ3n) is 6.40. The molecular weight excluding hydrogens is 380 g/mol. The highest BCUT2D eigenvalue weighted by Crippen LogP contribution is 2.21. The number of nitrogens with zero attached hydrogens (tertiary/aromatic N) is 4. The molecule has 3 heterocycles. The molecule has 2 unspecified atom stereocenters. The first kappa shape index (κ1) is 21.3. The van der Waals surface area contributed by atoms with E-state index in [0.717, 1.165) is 18.7 Å². The molecule has 2 aliphatic heterocycles.